The Morgan fingerprint density at radius 1 is 1.67 bits per heavy atom. The van der Waals surface area contributed by atoms with E-state index < -0.39 is 0 Å². The van der Waals surface area contributed by atoms with Crippen molar-refractivity contribution in [2.75, 3.05) is 26.7 Å². The van der Waals surface area contributed by atoms with E-state index in [0.717, 1.165) is 0 Å². The van der Waals surface area contributed by atoms with Crippen molar-refractivity contribution in [2.45, 2.75) is 20.0 Å². The van der Waals surface area contributed by atoms with Crippen LogP contribution in [0.25, 0.3) is 0 Å². The van der Waals surface area contributed by atoms with Gasteiger partial charge in [-0.2, -0.15) is 0 Å². The molecule has 0 heterocycles. The van der Waals surface area contributed by atoms with Gasteiger partial charge in [0.25, 0.3) is 5.91 Å². The van der Waals surface area contributed by atoms with Gasteiger partial charge < -0.3 is 15.4 Å². The molecule has 0 fully saturated rings. The molecule has 2 N–H and O–H groups in total. The van der Waals surface area contributed by atoms with Crippen molar-refractivity contribution < 1.29 is 9.53 Å². The molecule has 12 heavy (non-hydrogen) atoms. The summed E-state index contributed by atoms with van der Waals surface area (Å²) in [7, 11) is 1.53. The van der Waals surface area contributed by atoms with Crippen LogP contribution in [0.3, 0.4) is 0 Å². The molecule has 0 saturated carbocycles. The molecular formula is C8H18N2O2. The highest BCUT2D eigenvalue weighted by Gasteiger charge is 2.17. The van der Waals surface area contributed by atoms with E-state index in [9.17, 15) is 4.79 Å². The van der Waals surface area contributed by atoms with Crippen LogP contribution in [0.4, 0.5) is 0 Å². The normalized spacial score (nSPS) is 12.7. The number of rotatable bonds is 5. The lowest BCUT2D eigenvalue weighted by Crippen LogP contribution is -2.41. The van der Waals surface area contributed by atoms with Crippen molar-refractivity contribution in [3.8, 4) is 0 Å². The zero-order chi connectivity index (χ0) is 9.56. The maximum atomic E-state index is 11.4. The first-order valence-electron chi connectivity index (χ1n) is 4.19. The Balaban J connectivity index is 4.01. The quantitative estimate of drug-likeness (QED) is 0.629. The SMILES string of the molecule is CCN(CCN)C(=O)C(C)OC. The van der Waals surface area contributed by atoms with E-state index in [2.05, 4.69) is 0 Å². The molecule has 72 valence electrons. The molecule has 0 rings (SSSR count). The van der Waals surface area contributed by atoms with Gasteiger partial charge in [-0.1, -0.05) is 0 Å². The number of nitrogens with two attached hydrogens (primary N) is 1. The Morgan fingerprint density at radius 3 is 2.58 bits per heavy atom. The smallest absolute Gasteiger partial charge is 0.251 e. The molecule has 0 radical (unpaired) electrons. The van der Waals surface area contributed by atoms with Gasteiger partial charge >= 0.3 is 0 Å². The van der Waals surface area contributed by atoms with Gasteiger partial charge in [0.05, 0.1) is 0 Å². The first-order chi connectivity index (χ1) is 5.67. The van der Waals surface area contributed by atoms with Gasteiger partial charge in [0.2, 0.25) is 0 Å². The highest BCUT2D eigenvalue weighted by atomic mass is 16.5. The zero-order valence-electron chi connectivity index (χ0n) is 8.04. The maximum absolute atomic E-state index is 11.4. The topological polar surface area (TPSA) is 55.6 Å². The molecular weight excluding hydrogens is 156 g/mol. The standard InChI is InChI=1S/C8H18N2O2/c1-4-10(6-5-9)8(11)7(2)12-3/h7H,4-6,9H2,1-3H3. The summed E-state index contributed by atoms with van der Waals surface area (Å²) in [5.41, 5.74) is 5.35. The summed E-state index contributed by atoms with van der Waals surface area (Å²) in [5, 5.41) is 0. The van der Waals surface area contributed by atoms with Crippen LogP contribution in [0.15, 0.2) is 0 Å². The summed E-state index contributed by atoms with van der Waals surface area (Å²) in [5.74, 6) is 0.00505. The van der Waals surface area contributed by atoms with E-state index in [-0.39, 0.29) is 12.0 Å². The predicted molar refractivity (Wildman–Crippen MR) is 47.8 cm³/mol. The van der Waals surface area contributed by atoms with Crippen LogP contribution in [0.1, 0.15) is 13.8 Å². The first kappa shape index (κ1) is 11.4. The number of amides is 1. The molecule has 0 aromatic carbocycles. The van der Waals surface area contributed by atoms with Crippen molar-refractivity contribution in [2.24, 2.45) is 5.73 Å². The van der Waals surface area contributed by atoms with Crippen LogP contribution in [-0.4, -0.2) is 43.7 Å². The Labute approximate surface area is 73.7 Å². The first-order valence-corrected chi connectivity index (χ1v) is 4.19. The van der Waals surface area contributed by atoms with Gasteiger partial charge in [-0.05, 0) is 13.8 Å². The maximum Gasteiger partial charge on any atom is 0.251 e. The van der Waals surface area contributed by atoms with Crippen molar-refractivity contribution in [3.05, 3.63) is 0 Å². The average molecular weight is 174 g/mol. The number of likely N-dealkylation sites (N-methyl/N-ethyl adjacent to an activating group) is 1. The molecule has 4 nitrogen and oxygen atoms in total. The van der Waals surface area contributed by atoms with Gasteiger partial charge in [0, 0.05) is 26.7 Å². The minimum Gasteiger partial charge on any atom is -0.372 e. The fraction of sp³-hybridized carbons (Fsp3) is 0.875. The molecule has 0 bridgehead atoms. The highest BCUT2D eigenvalue weighted by Crippen LogP contribution is 1.96. The summed E-state index contributed by atoms with van der Waals surface area (Å²) in [6.45, 7) is 5.44. The van der Waals surface area contributed by atoms with Crippen LogP contribution in [0.5, 0.6) is 0 Å². The third-order valence-electron chi connectivity index (χ3n) is 1.79. The molecule has 0 aliphatic rings. The number of methoxy groups -OCH3 is 1. The number of hydrogen-bond donors (Lipinski definition) is 1. The summed E-state index contributed by atoms with van der Waals surface area (Å²) >= 11 is 0. The lowest BCUT2D eigenvalue weighted by atomic mass is 10.3. The Hall–Kier alpha value is -0.610. The van der Waals surface area contributed by atoms with Gasteiger partial charge in [-0.3, -0.25) is 4.79 Å². The van der Waals surface area contributed by atoms with E-state index in [1.54, 1.807) is 11.8 Å². The van der Waals surface area contributed by atoms with Gasteiger partial charge in [0.1, 0.15) is 6.10 Å². The molecule has 4 heteroatoms. The van der Waals surface area contributed by atoms with Crippen molar-refractivity contribution in [1.29, 1.82) is 0 Å². The molecule has 0 saturated heterocycles. The Morgan fingerprint density at radius 2 is 2.25 bits per heavy atom. The van der Waals surface area contributed by atoms with Gasteiger partial charge in [-0.15, -0.1) is 0 Å². The average Bonchev–Trinajstić information content (AvgIpc) is 2.11. The lowest BCUT2D eigenvalue weighted by molar-refractivity contribution is -0.140. The second kappa shape index (κ2) is 5.97. The van der Waals surface area contributed by atoms with E-state index in [1.165, 1.54) is 7.11 Å². The molecule has 0 aromatic rings. The Kier molecular flexibility index (Phi) is 5.66. The molecule has 0 aliphatic heterocycles. The van der Waals surface area contributed by atoms with Crippen LogP contribution in [0, 0.1) is 0 Å². The van der Waals surface area contributed by atoms with Crippen LogP contribution >= 0.6 is 0 Å². The molecule has 1 amide bonds. The van der Waals surface area contributed by atoms with Crippen molar-refractivity contribution >= 4 is 5.91 Å². The van der Waals surface area contributed by atoms with Gasteiger partial charge in [0.15, 0.2) is 0 Å². The lowest BCUT2D eigenvalue weighted by Gasteiger charge is -2.22. The fourth-order valence-corrected chi connectivity index (χ4v) is 0.938. The highest BCUT2D eigenvalue weighted by molar-refractivity contribution is 5.80. The second-order valence-corrected chi connectivity index (χ2v) is 2.58. The monoisotopic (exact) mass is 174 g/mol. The molecule has 1 atom stereocenters. The van der Waals surface area contributed by atoms with E-state index in [1.807, 2.05) is 6.92 Å². The summed E-state index contributed by atoms with van der Waals surface area (Å²) < 4.78 is 4.91. The molecule has 1 unspecified atom stereocenters. The van der Waals surface area contributed by atoms with Crippen LogP contribution < -0.4 is 5.73 Å². The summed E-state index contributed by atoms with van der Waals surface area (Å²) in [6, 6.07) is 0. The molecule has 0 aromatic heterocycles. The summed E-state index contributed by atoms with van der Waals surface area (Å²) in [4.78, 5) is 13.1. The molecule has 0 spiro atoms. The van der Waals surface area contributed by atoms with Crippen molar-refractivity contribution in [3.63, 3.8) is 0 Å². The number of hydrogen-bond acceptors (Lipinski definition) is 3. The number of ether oxygens (including phenoxy) is 1. The van der Waals surface area contributed by atoms with E-state index in [4.69, 9.17) is 10.5 Å². The van der Waals surface area contributed by atoms with Crippen LogP contribution in [-0.2, 0) is 9.53 Å². The van der Waals surface area contributed by atoms with E-state index in [0.29, 0.717) is 19.6 Å². The molecule has 0 aliphatic carbocycles. The fourth-order valence-electron chi connectivity index (χ4n) is 0.938. The second-order valence-electron chi connectivity index (χ2n) is 2.58. The number of carbonyl (C=O) groups excluding carboxylic acids is 1. The predicted octanol–water partition coefficient (Wildman–Crippen LogP) is -0.171. The van der Waals surface area contributed by atoms with Crippen molar-refractivity contribution in [1.82, 2.24) is 4.90 Å². The van der Waals surface area contributed by atoms with E-state index >= 15 is 0 Å². The number of carbonyl (C=O) groups is 1. The number of nitrogens with zero attached hydrogens (tertiary/aromatic N) is 1. The largest absolute Gasteiger partial charge is 0.372 e. The minimum atomic E-state index is -0.364. The zero-order valence-corrected chi connectivity index (χ0v) is 8.04. The Bertz CT molecular complexity index is 139. The summed E-state index contributed by atoms with van der Waals surface area (Å²) in [6.07, 6.45) is -0.364. The third kappa shape index (κ3) is 3.19. The third-order valence-corrected chi connectivity index (χ3v) is 1.79. The van der Waals surface area contributed by atoms with Crippen LogP contribution in [0.2, 0.25) is 0 Å². The minimum absolute atomic E-state index is 0.00505. The van der Waals surface area contributed by atoms with Gasteiger partial charge in [-0.25, -0.2) is 0 Å².